The molecule has 1 amide bonds. The van der Waals surface area contributed by atoms with Crippen LogP contribution in [0.2, 0.25) is 0 Å². The minimum absolute atomic E-state index is 0.0736. The first-order valence-corrected chi connectivity index (χ1v) is 10.9. The summed E-state index contributed by atoms with van der Waals surface area (Å²) in [5.74, 6) is -1.17. The number of aromatic nitrogens is 2. The minimum Gasteiger partial charge on any atom is -0.480 e. The first kappa shape index (κ1) is 20.3. The summed E-state index contributed by atoms with van der Waals surface area (Å²) in [5.41, 5.74) is 7.53. The molecular formula is C25H25N3O4. The van der Waals surface area contributed by atoms with Crippen LogP contribution in [-0.2, 0) is 35.8 Å². The maximum Gasteiger partial charge on any atom is 0.407 e. The third-order valence-corrected chi connectivity index (χ3v) is 6.53. The summed E-state index contributed by atoms with van der Waals surface area (Å²) in [6, 6.07) is 15.1. The van der Waals surface area contributed by atoms with Crippen LogP contribution in [0.4, 0.5) is 4.79 Å². The third kappa shape index (κ3) is 3.53. The van der Waals surface area contributed by atoms with E-state index in [4.69, 9.17) is 4.74 Å². The average molecular weight is 431 g/mol. The molecule has 32 heavy (non-hydrogen) atoms. The molecule has 7 heteroatoms. The van der Waals surface area contributed by atoms with Crippen molar-refractivity contribution >= 4 is 12.1 Å². The van der Waals surface area contributed by atoms with Crippen molar-refractivity contribution in [1.82, 2.24) is 15.1 Å². The van der Waals surface area contributed by atoms with Crippen LogP contribution in [-0.4, -0.2) is 39.6 Å². The Morgan fingerprint density at radius 3 is 2.44 bits per heavy atom. The van der Waals surface area contributed by atoms with Crippen LogP contribution >= 0.6 is 0 Å². The predicted molar refractivity (Wildman–Crippen MR) is 119 cm³/mol. The number of carboxylic acid groups (broad SMARTS) is 1. The SMILES string of the molecule is Cn1nc(C[C@H](NC(=O)OCC2c3ccccc3-c3ccccc32)C(=O)O)c2c1CCC2. The number of hydrogen-bond acceptors (Lipinski definition) is 4. The summed E-state index contributed by atoms with van der Waals surface area (Å²) >= 11 is 0. The van der Waals surface area contributed by atoms with Gasteiger partial charge in [-0.05, 0) is 47.1 Å². The zero-order chi connectivity index (χ0) is 22.2. The second-order valence-corrected chi connectivity index (χ2v) is 8.41. The topological polar surface area (TPSA) is 93.5 Å². The highest BCUT2D eigenvalue weighted by Gasteiger charge is 2.31. The number of nitrogens with zero attached hydrogens (tertiary/aromatic N) is 2. The second-order valence-electron chi connectivity index (χ2n) is 8.41. The molecule has 0 fully saturated rings. The van der Waals surface area contributed by atoms with E-state index in [1.165, 1.54) is 0 Å². The van der Waals surface area contributed by atoms with Gasteiger partial charge in [-0.1, -0.05) is 48.5 Å². The number of aliphatic carboxylic acids is 1. The van der Waals surface area contributed by atoms with Crippen LogP contribution in [0, 0.1) is 0 Å². The molecule has 0 radical (unpaired) electrons. The molecule has 2 aromatic carbocycles. The monoisotopic (exact) mass is 431 g/mol. The van der Waals surface area contributed by atoms with Gasteiger partial charge in [0.1, 0.15) is 12.6 Å². The zero-order valence-corrected chi connectivity index (χ0v) is 17.9. The lowest BCUT2D eigenvalue weighted by atomic mass is 9.98. The standard InChI is InChI=1S/C25H25N3O4/c1-28-23-12-6-11-19(23)21(27-28)13-22(24(29)30)26-25(31)32-14-20-17-9-4-2-7-15(17)16-8-3-5-10-18(16)20/h2-5,7-10,20,22H,6,11-14H2,1H3,(H,26,31)(H,29,30)/t22-/m0/s1. The number of amides is 1. The van der Waals surface area contributed by atoms with Gasteiger partial charge in [-0.25, -0.2) is 9.59 Å². The minimum atomic E-state index is -1.10. The van der Waals surface area contributed by atoms with Crippen LogP contribution in [0.3, 0.4) is 0 Å². The molecule has 0 spiro atoms. The van der Waals surface area contributed by atoms with Crippen molar-refractivity contribution in [1.29, 1.82) is 0 Å². The lowest BCUT2D eigenvalue weighted by molar-refractivity contribution is -0.139. The maximum atomic E-state index is 12.5. The van der Waals surface area contributed by atoms with E-state index in [2.05, 4.69) is 22.5 Å². The quantitative estimate of drug-likeness (QED) is 0.624. The van der Waals surface area contributed by atoms with Crippen molar-refractivity contribution < 1.29 is 19.4 Å². The van der Waals surface area contributed by atoms with Gasteiger partial charge < -0.3 is 15.2 Å². The van der Waals surface area contributed by atoms with Crippen molar-refractivity contribution in [2.45, 2.75) is 37.6 Å². The van der Waals surface area contributed by atoms with E-state index in [1.807, 2.05) is 48.1 Å². The van der Waals surface area contributed by atoms with Crippen molar-refractivity contribution in [3.05, 3.63) is 76.6 Å². The Bertz CT molecular complexity index is 1150. The number of benzene rings is 2. The highest BCUT2D eigenvalue weighted by molar-refractivity contribution is 5.81. The molecule has 0 aliphatic heterocycles. The van der Waals surface area contributed by atoms with Crippen LogP contribution in [0.1, 0.15) is 40.4 Å². The highest BCUT2D eigenvalue weighted by Crippen LogP contribution is 2.44. The molecule has 0 saturated heterocycles. The Morgan fingerprint density at radius 1 is 1.12 bits per heavy atom. The normalized spacial score (nSPS) is 15.0. The first-order chi connectivity index (χ1) is 15.5. The van der Waals surface area contributed by atoms with Crippen molar-refractivity contribution in [2.75, 3.05) is 6.61 Å². The largest absolute Gasteiger partial charge is 0.480 e. The van der Waals surface area contributed by atoms with E-state index in [0.29, 0.717) is 0 Å². The number of alkyl carbamates (subject to hydrolysis) is 1. The van der Waals surface area contributed by atoms with Crippen LogP contribution in [0.5, 0.6) is 0 Å². The Labute approximate surface area is 186 Å². The molecule has 0 unspecified atom stereocenters. The molecule has 3 aromatic rings. The van der Waals surface area contributed by atoms with Crippen molar-refractivity contribution in [3.8, 4) is 11.1 Å². The molecule has 0 saturated carbocycles. The van der Waals surface area contributed by atoms with Gasteiger partial charge in [0.05, 0.1) is 5.69 Å². The Kier molecular flexibility index (Phi) is 5.17. The number of hydrogen-bond donors (Lipinski definition) is 2. The molecule has 0 bridgehead atoms. The second kappa shape index (κ2) is 8.15. The number of nitrogens with one attached hydrogen (secondary N) is 1. The highest BCUT2D eigenvalue weighted by atomic mass is 16.5. The molecular weight excluding hydrogens is 406 g/mol. The summed E-state index contributed by atoms with van der Waals surface area (Å²) < 4.78 is 7.34. The lowest BCUT2D eigenvalue weighted by Crippen LogP contribution is -2.43. The summed E-state index contributed by atoms with van der Waals surface area (Å²) in [6.45, 7) is 0.144. The molecule has 7 nitrogen and oxygen atoms in total. The van der Waals surface area contributed by atoms with E-state index in [1.54, 1.807) is 0 Å². The number of carbonyl (C=O) groups excluding carboxylic acids is 1. The molecule has 1 heterocycles. The number of carboxylic acids is 1. The first-order valence-electron chi connectivity index (χ1n) is 10.9. The number of ether oxygens (including phenoxy) is 1. The molecule has 5 rings (SSSR count). The predicted octanol–water partition coefficient (Wildman–Crippen LogP) is 3.44. The molecule has 1 aromatic heterocycles. The van der Waals surface area contributed by atoms with Gasteiger partial charge in [0.2, 0.25) is 0 Å². The fraction of sp³-hybridized carbons (Fsp3) is 0.320. The lowest BCUT2D eigenvalue weighted by Gasteiger charge is -2.17. The van der Waals surface area contributed by atoms with Crippen LogP contribution in [0.15, 0.2) is 48.5 Å². The smallest absolute Gasteiger partial charge is 0.407 e. The Balaban J connectivity index is 1.27. The Hall–Kier alpha value is -3.61. The van der Waals surface area contributed by atoms with E-state index < -0.39 is 18.1 Å². The van der Waals surface area contributed by atoms with Gasteiger partial charge in [0.15, 0.2) is 0 Å². The Morgan fingerprint density at radius 2 is 1.78 bits per heavy atom. The van der Waals surface area contributed by atoms with Crippen LogP contribution in [0.25, 0.3) is 11.1 Å². The van der Waals surface area contributed by atoms with Crippen LogP contribution < -0.4 is 5.32 Å². The van der Waals surface area contributed by atoms with E-state index in [-0.39, 0.29) is 18.9 Å². The average Bonchev–Trinajstić information content (AvgIpc) is 3.47. The van der Waals surface area contributed by atoms with Gasteiger partial charge in [-0.15, -0.1) is 0 Å². The molecule has 1 atom stereocenters. The van der Waals surface area contributed by atoms with Gasteiger partial charge >= 0.3 is 12.1 Å². The molecule has 2 N–H and O–H groups in total. The molecule has 2 aliphatic carbocycles. The number of carbonyl (C=O) groups is 2. The van der Waals surface area contributed by atoms with Gasteiger partial charge in [0.25, 0.3) is 0 Å². The van der Waals surface area contributed by atoms with Gasteiger partial charge in [0, 0.05) is 25.1 Å². The maximum absolute atomic E-state index is 12.5. The summed E-state index contributed by atoms with van der Waals surface area (Å²) in [5, 5.41) is 16.7. The zero-order valence-electron chi connectivity index (χ0n) is 17.9. The summed E-state index contributed by atoms with van der Waals surface area (Å²) in [7, 11) is 1.88. The summed E-state index contributed by atoms with van der Waals surface area (Å²) in [4.78, 5) is 24.4. The molecule has 2 aliphatic rings. The number of aryl methyl sites for hydroxylation is 1. The number of rotatable bonds is 6. The van der Waals surface area contributed by atoms with E-state index in [0.717, 1.165) is 58.5 Å². The third-order valence-electron chi connectivity index (χ3n) is 6.53. The van der Waals surface area contributed by atoms with Crippen molar-refractivity contribution in [2.24, 2.45) is 7.05 Å². The fourth-order valence-corrected chi connectivity index (χ4v) is 5.04. The molecule has 164 valence electrons. The number of fused-ring (bicyclic) bond motifs is 4. The van der Waals surface area contributed by atoms with E-state index in [9.17, 15) is 14.7 Å². The summed E-state index contributed by atoms with van der Waals surface area (Å²) in [6.07, 6.45) is 2.31. The van der Waals surface area contributed by atoms with Gasteiger partial charge in [-0.3, -0.25) is 4.68 Å². The van der Waals surface area contributed by atoms with Gasteiger partial charge in [-0.2, -0.15) is 5.10 Å². The fourth-order valence-electron chi connectivity index (χ4n) is 5.04. The van der Waals surface area contributed by atoms with Crippen molar-refractivity contribution in [3.63, 3.8) is 0 Å². The van der Waals surface area contributed by atoms with E-state index >= 15 is 0 Å².